The zero-order valence-corrected chi connectivity index (χ0v) is 11.7. The Morgan fingerprint density at radius 3 is 2.28 bits per heavy atom. The molecular formula is C14H15NO2S. The van der Waals surface area contributed by atoms with Gasteiger partial charge in [0, 0.05) is 10.4 Å². The quantitative estimate of drug-likeness (QED) is 0.793. The molecule has 94 valence electrons. The fraction of sp³-hybridized carbons (Fsp3) is 0.286. The van der Waals surface area contributed by atoms with Gasteiger partial charge in [-0.2, -0.15) is 0 Å². The van der Waals surface area contributed by atoms with Crippen LogP contribution in [0.1, 0.15) is 25.8 Å². The predicted octanol–water partition coefficient (Wildman–Crippen LogP) is 3.56. The molecule has 0 bridgehead atoms. The zero-order chi connectivity index (χ0) is 13.3. The Kier molecular flexibility index (Phi) is 3.48. The first kappa shape index (κ1) is 12.8. The number of thiazole rings is 1. The van der Waals surface area contributed by atoms with E-state index in [1.165, 1.54) is 11.3 Å². The van der Waals surface area contributed by atoms with Crippen LogP contribution in [0.5, 0.6) is 5.75 Å². The molecule has 0 spiro atoms. The number of benzene rings is 1. The Bertz CT molecular complexity index is 579. The first-order valence-corrected chi connectivity index (χ1v) is 6.46. The van der Waals surface area contributed by atoms with Gasteiger partial charge in [0.25, 0.3) is 0 Å². The molecule has 0 saturated carbocycles. The number of methoxy groups -OCH3 is 1. The molecule has 4 heteroatoms. The van der Waals surface area contributed by atoms with E-state index in [2.05, 4.69) is 4.98 Å². The highest BCUT2D eigenvalue weighted by molar-refractivity contribution is 7.13. The fourth-order valence-corrected chi connectivity index (χ4v) is 2.86. The largest absolute Gasteiger partial charge is 0.497 e. The summed E-state index contributed by atoms with van der Waals surface area (Å²) in [5.74, 6) is 0.845. The monoisotopic (exact) mass is 261 g/mol. The van der Waals surface area contributed by atoms with Crippen molar-refractivity contribution in [3.05, 3.63) is 33.1 Å². The van der Waals surface area contributed by atoms with E-state index in [4.69, 9.17) is 4.74 Å². The van der Waals surface area contributed by atoms with Crippen LogP contribution in [0, 0.1) is 20.8 Å². The lowest BCUT2D eigenvalue weighted by molar-refractivity contribution is 0.112. The van der Waals surface area contributed by atoms with Gasteiger partial charge >= 0.3 is 0 Å². The van der Waals surface area contributed by atoms with Gasteiger partial charge in [-0.3, -0.25) is 4.79 Å². The van der Waals surface area contributed by atoms with Gasteiger partial charge in [-0.05, 0) is 44.0 Å². The highest BCUT2D eigenvalue weighted by atomic mass is 32.1. The van der Waals surface area contributed by atoms with E-state index in [1.807, 2.05) is 32.9 Å². The normalized spacial score (nSPS) is 10.4. The van der Waals surface area contributed by atoms with E-state index in [0.29, 0.717) is 5.01 Å². The summed E-state index contributed by atoms with van der Waals surface area (Å²) in [6, 6.07) is 3.98. The summed E-state index contributed by atoms with van der Waals surface area (Å²) in [7, 11) is 1.66. The number of ether oxygens (including phenoxy) is 1. The standard InChI is InChI=1S/C14H15NO2S/c1-8-5-11(17-4)6-9(2)13(8)14-10(3)18-12(7-16)15-14/h5-7H,1-4H3. The molecule has 0 N–H and O–H groups in total. The number of rotatable bonds is 3. The molecule has 0 aliphatic heterocycles. The number of carbonyl (C=O) groups is 1. The van der Waals surface area contributed by atoms with Gasteiger partial charge in [0.2, 0.25) is 0 Å². The van der Waals surface area contributed by atoms with Crippen molar-refractivity contribution in [2.75, 3.05) is 7.11 Å². The van der Waals surface area contributed by atoms with Gasteiger partial charge in [0.05, 0.1) is 12.8 Å². The van der Waals surface area contributed by atoms with Crippen molar-refractivity contribution in [1.29, 1.82) is 0 Å². The second-order valence-corrected chi connectivity index (χ2v) is 5.45. The second kappa shape index (κ2) is 4.90. The average molecular weight is 261 g/mol. The molecule has 0 radical (unpaired) electrons. The summed E-state index contributed by atoms with van der Waals surface area (Å²) < 4.78 is 5.25. The number of carbonyl (C=O) groups excluding carboxylic acids is 1. The Morgan fingerprint density at radius 2 is 1.83 bits per heavy atom. The van der Waals surface area contributed by atoms with Crippen molar-refractivity contribution in [2.24, 2.45) is 0 Å². The Morgan fingerprint density at radius 1 is 1.22 bits per heavy atom. The summed E-state index contributed by atoms with van der Waals surface area (Å²) in [5.41, 5.74) is 4.22. The molecule has 0 aliphatic carbocycles. The number of hydrogen-bond donors (Lipinski definition) is 0. The topological polar surface area (TPSA) is 39.2 Å². The highest BCUT2D eigenvalue weighted by Gasteiger charge is 2.14. The average Bonchev–Trinajstić information content (AvgIpc) is 2.70. The molecule has 1 aromatic carbocycles. The molecule has 0 atom stereocenters. The van der Waals surface area contributed by atoms with Gasteiger partial charge in [-0.25, -0.2) is 4.98 Å². The number of nitrogens with zero attached hydrogens (tertiary/aromatic N) is 1. The van der Waals surface area contributed by atoms with Crippen molar-refractivity contribution >= 4 is 17.6 Å². The third-order valence-electron chi connectivity index (χ3n) is 2.89. The van der Waals surface area contributed by atoms with Gasteiger partial charge in [0.15, 0.2) is 11.3 Å². The molecule has 0 unspecified atom stereocenters. The summed E-state index contributed by atoms with van der Waals surface area (Å²) >= 11 is 1.43. The van der Waals surface area contributed by atoms with E-state index in [1.54, 1.807) is 7.11 Å². The van der Waals surface area contributed by atoms with Crippen molar-refractivity contribution < 1.29 is 9.53 Å². The molecule has 1 aromatic heterocycles. The highest BCUT2D eigenvalue weighted by Crippen LogP contribution is 2.34. The van der Waals surface area contributed by atoms with Gasteiger partial charge in [-0.15, -0.1) is 11.3 Å². The van der Waals surface area contributed by atoms with Gasteiger partial charge in [-0.1, -0.05) is 0 Å². The molecule has 18 heavy (non-hydrogen) atoms. The molecule has 2 rings (SSSR count). The predicted molar refractivity (Wildman–Crippen MR) is 73.7 cm³/mol. The van der Waals surface area contributed by atoms with Gasteiger partial charge < -0.3 is 4.74 Å². The van der Waals surface area contributed by atoms with Crippen LogP contribution < -0.4 is 4.74 Å². The van der Waals surface area contributed by atoms with E-state index in [0.717, 1.165) is 39.3 Å². The number of aldehydes is 1. The zero-order valence-electron chi connectivity index (χ0n) is 10.9. The molecule has 0 saturated heterocycles. The smallest absolute Gasteiger partial charge is 0.178 e. The van der Waals surface area contributed by atoms with Crippen LogP contribution in [0.15, 0.2) is 12.1 Å². The maximum absolute atomic E-state index is 10.8. The molecule has 0 fully saturated rings. The molecule has 1 heterocycles. The lowest BCUT2D eigenvalue weighted by Crippen LogP contribution is -1.93. The Hall–Kier alpha value is -1.68. The Balaban J connectivity index is 2.63. The van der Waals surface area contributed by atoms with Crippen LogP contribution in [0.4, 0.5) is 0 Å². The Labute approximate surface area is 110 Å². The summed E-state index contributed by atoms with van der Waals surface area (Å²) in [4.78, 5) is 16.3. The van der Waals surface area contributed by atoms with E-state index < -0.39 is 0 Å². The fourth-order valence-electron chi connectivity index (χ4n) is 2.11. The summed E-state index contributed by atoms with van der Waals surface area (Å²) in [5, 5.41) is 0.525. The third-order valence-corrected chi connectivity index (χ3v) is 3.79. The van der Waals surface area contributed by atoms with Crippen LogP contribution in [-0.4, -0.2) is 18.4 Å². The number of aryl methyl sites for hydroxylation is 3. The van der Waals surface area contributed by atoms with E-state index >= 15 is 0 Å². The van der Waals surface area contributed by atoms with Crippen LogP contribution in [-0.2, 0) is 0 Å². The summed E-state index contributed by atoms with van der Waals surface area (Å²) in [6.07, 6.45) is 0.801. The first-order chi connectivity index (χ1) is 8.56. The van der Waals surface area contributed by atoms with Crippen molar-refractivity contribution in [2.45, 2.75) is 20.8 Å². The van der Waals surface area contributed by atoms with Crippen LogP contribution >= 0.6 is 11.3 Å². The molecule has 0 aliphatic rings. The maximum atomic E-state index is 10.8. The number of hydrogen-bond acceptors (Lipinski definition) is 4. The molecular weight excluding hydrogens is 246 g/mol. The minimum Gasteiger partial charge on any atom is -0.497 e. The summed E-state index contributed by atoms with van der Waals surface area (Å²) in [6.45, 7) is 6.05. The third kappa shape index (κ3) is 2.16. The lowest BCUT2D eigenvalue weighted by Gasteiger charge is -2.11. The first-order valence-electron chi connectivity index (χ1n) is 5.65. The molecule has 2 aromatic rings. The maximum Gasteiger partial charge on any atom is 0.178 e. The van der Waals surface area contributed by atoms with Crippen molar-refractivity contribution in [1.82, 2.24) is 4.98 Å². The number of aromatic nitrogens is 1. The lowest BCUT2D eigenvalue weighted by atomic mass is 9.99. The molecule has 0 amide bonds. The minimum absolute atomic E-state index is 0.525. The SMILES string of the molecule is COc1cc(C)c(-c2nc(C=O)sc2C)c(C)c1. The van der Waals surface area contributed by atoms with Crippen LogP contribution in [0.3, 0.4) is 0 Å². The van der Waals surface area contributed by atoms with Crippen molar-refractivity contribution in [3.63, 3.8) is 0 Å². The van der Waals surface area contributed by atoms with Crippen LogP contribution in [0.2, 0.25) is 0 Å². The van der Waals surface area contributed by atoms with E-state index in [-0.39, 0.29) is 0 Å². The second-order valence-electron chi connectivity index (χ2n) is 4.21. The van der Waals surface area contributed by atoms with Crippen molar-refractivity contribution in [3.8, 4) is 17.0 Å². The molecule has 3 nitrogen and oxygen atoms in total. The minimum atomic E-state index is 0.525. The van der Waals surface area contributed by atoms with Gasteiger partial charge in [0.1, 0.15) is 5.75 Å². The van der Waals surface area contributed by atoms with E-state index in [9.17, 15) is 4.79 Å². The van der Waals surface area contributed by atoms with Crippen LogP contribution in [0.25, 0.3) is 11.3 Å².